The molecule has 1 amide bonds. The number of aromatic nitrogens is 2. The summed E-state index contributed by atoms with van der Waals surface area (Å²) in [5.74, 6) is 0.790. The van der Waals surface area contributed by atoms with E-state index in [2.05, 4.69) is 10.3 Å². The Morgan fingerprint density at radius 2 is 1.87 bits per heavy atom. The SMILES string of the molecule is O=C(CCCOc1ccccc1)Nc1cccc(-c2csc(-c3cccnc3)n2)c1. The van der Waals surface area contributed by atoms with Gasteiger partial charge in [0.05, 0.1) is 12.3 Å². The summed E-state index contributed by atoms with van der Waals surface area (Å²) in [6.45, 7) is 0.507. The van der Waals surface area contributed by atoms with E-state index in [4.69, 9.17) is 9.72 Å². The number of ether oxygens (including phenoxy) is 1. The van der Waals surface area contributed by atoms with Crippen LogP contribution in [-0.4, -0.2) is 22.5 Å². The second-order valence-corrected chi connectivity index (χ2v) is 7.53. The van der Waals surface area contributed by atoms with Gasteiger partial charge in [0.1, 0.15) is 10.8 Å². The average molecular weight is 416 g/mol. The summed E-state index contributed by atoms with van der Waals surface area (Å²) in [6.07, 6.45) is 4.61. The molecule has 0 saturated heterocycles. The van der Waals surface area contributed by atoms with Crippen LogP contribution < -0.4 is 10.1 Å². The van der Waals surface area contributed by atoms with E-state index in [0.717, 1.165) is 33.3 Å². The van der Waals surface area contributed by atoms with Gasteiger partial charge in [-0.3, -0.25) is 9.78 Å². The van der Waals surface area contributed by atoms with Crippen LogP contribution in [-0.2, 0) is 4.79 Å². The van der Waals surface area contributed by atoms with Crippen LogP contribution in [0.1, 0.15) is 12.8 Å². The van der Waals surface area contributed by atoms with E-state index >= 15 is 0 Å². The molecular formula is C24H21N3O2S. The first kappa shape index (κ1) is 19.8. The van der Waals surface area contributed by atoms with Crippen molar-refractivity contribution in [3.05, 3.63) is 84.5 Å². The quantitative estimate of drug-likeness (QED) is 0.377. The first-order valence-electron chi connectivity index (χ1n) is 9.72. The van der Waals surface area contributed by atoms with Gasteiger partial charge in [0.2, 0.25) is 5.91 Å². The van der Waals surface area contributed by atoms with Gasteiger partial charge in [-0.05, 0) is 42.8 Å². The van der Waals surface area contributed by atoms with E-state index < -0.39 is 0 Å². The zero-order valence-electron chi connectivity index (χ0n) is 16.3. The van der Waals surface area contributed by atoms with Crippen molar-refractivity contribution in [2.75, 3.05) is 11.9 Å². The van der Waals surface area contributed by atoms with Crippen LogP contribution in [0, 0.1) is 0 Å². The highest BCUT2D eigenvalue weighted by Crippen LogP contribution is 2.29. The van der Waals surface area contributed by atoms with Crippen LogP contribution in [0.2, 0.25) is 0 Å². The molecule has 2 aromatic carbocycles. The Bertz CT molecular complexity index is 1100. The molecule has 0 bridgehead atoms. The van der Waals surface area contributed by atoms with Gasteiger partial charge in [-0.25, -0.2) is 4.98 Å². The Morgan fingerprint density at radius 3 is 2.70 bits per heavy atom. The number of hydrogen-bond donors (Lipinski definition) is 1. The first-order valence-corrected chi connectivity index (χ1v) is 10.6. The fourth-order valence-electron chi connectivity index (χ4n) is 2.95. The Balaban J connectivity index is 1.32. The van der Waals surface area contributed by atoms with Gasteiger partial charge >= 0.3 is 0 Å². The molecule has 0 spiro atoms. The van der Waals surface area contributed by atoms with Crippen molar-refractivity contribution in [1.82, 2.24) is 9.97 Å². The smallest absolute Gasteiger partial charge is 0.224 e. The Labute approximate surface area is 179 Å². The van der Waals surface area contributed by atoms with Gasteiger partial charge < -0.3 is 10.1 Å². The Kier molecular flexibility index (Phi) is 6.47. The standard InChI is InChI=1S/C24H21N3O2S/c28-23(12-6-14-29-21-10-2-1-3-11-21)26-20-9-4-7-18(15-20)22-17-30-24(27-22)19-8-5-13-25-16-19/h1-5,7-11,13,15-17H,6,12,14H2,(H,26,28). The second-order valence-electron chi connectivity index (χ2n) is 6.67. The lowest BCUT2D eigenvalue weighted by atomic mass is 10.1. The van der Waals surface area contributed by atoms with E-state index in [0.29, 0.717) is 19.4 Å². The fraction of sp³-hybridized carbons (Fsp3) is 0.125. The number of pyridine rings is 1. The van der Waals surface area contributed by atoms with E-state index in [1.54, 1.807) is 23.7 Å². The molecule has 0 atom stereocenters. The van der Waals surface area contributed by atoms with Crippen molar-refractivity contribution in [2.45, 2.75) is 12.8 Å². The second kappa shape index (κ2) is 9.80. The van der Waals surface area contributed by atoms with Crippen molar-refractivity contribution in [2.24, 2.45) is 0 Å². The number of nitrogens with one attached hydrogen (secondary N) is 1. The lowest BCUT2D eigenvalue weighted by Gasteiger charge is -2.08. The minimum atomic E-state index is -0.0295. The maximum absolute atomic E-state index is 12.3. The summed E-state index contributed by atoms with van der Waals surface area (Å²) >= 11 is 1.58. The molecule has 2 heterocycles. The van der Waals surface area contributed by atoms with Crippen molar-refractivity contribution in [3.63, 3.8) is 0 Å². The molecule has 0 fully saturated rings. The van der Waals surface area contributed by atoms with E-state index in [1.807, 2.05) is 72.1 Å². The first-order chi connectivity index (χ1) is 14.8. The predicted octanol–water partition coefficient (Wildman–Crippen LogP) is 5.67. The number of anilines is 1. The molecular weight excluding hydrogens is 394 g/mol. The Morgan fingerprint density at radius 1 is 1.00 bits per heavy atom. The van der Waals surface area contributed by atoms with E-state index in [-0.39, 0.29) is 5.91 Å². The van der Waals surface area contributed by atoms with Crippen LogP contribution in [0.15, 0.2) is 84.5 Å². The molecule has 1 N–H and O–H groups in total. The number of rotatable bonds is 8. The molecule has 0 radical (unpaired) electrons. The Hall–Kier alpha value is -3.51. The normalized spacial score (nSPS) is 10.5. The molecule has 0 aliphatic carbocycles. The summed E-state index contributed by atoms with van der Waals surface area (Å²) in [5, 5.41) is 5.90. The molecule has 5 nitrogen and oxygen atoms in total. The minimum Gasteiger partial charge on any atom is -0.494 e. The number of nitrogens with zero attached hydrogens (tertiary/aromatic N) is 2. The van der Waals surface area contributed by atoms with Gasteiger partial charge in [0, 0.05) is 41.0 Å². The van der Waals surface area contributed by atoms with Gasteiger partial charge in [-0.1, -0.05) is 30.3 Å². The molecule has 0 aliphatic heterocycles. The van der Waals surface area contributed by atoms with Gasteiger partial charge in [0.15, 0.2) is 0 Å². The summed E-state index contributed by atoms with van der Waals surface area (Å²) in [5.41, 5.74) is 3.60. The summed E-state index contributed by atoms with van der Waals surface area (Å²) in [4.78, 5) is 21.1. The number of thiazole rings is 1. The van der Waals surface area contributed by atoms with Crippen LogP contribution in [0.3, 0.4) is 0 Å². The van der Waals surface area contributed by atoms with Gasteiger partial charge in [-0.15, -0.1) is 11.3 Å². The number of para-hydroxylation sites is 1. The van der Waals surface area contributed by atoms with Crippen molar-refractivity contribution in [1.29, 1.82) is 0 Å². The third-order valence-corrected chi connectivity index (χ3v) is 5.31. The van der Waals surface area contributed by atoms with Gasteiger partial charge in [0.25, 0.3) is 0 Å². The number of carbonyl (C=O) groups excluding carboxylic acids is 1. The maximum atomic E-state index is 12.3. The summed E-state index contributed by atoms with van der Waals surface area (Å²) in [7, 11) is 0. The van der Waals surface area contributed by atoms with E-state index in [9.17, 15) is 4.79 Å². The van der Waals surface area contributed by atoms with Gasteiger partial charge in [-0.2, -0.15) is 0 Å². The third kappa shape index (κ3) is 5.30. The largest absolute Gasteiger partial charge is 0.494 e. The van der Waals surface area contributed by atoms with E-state index in [1.165, 1.54) is 0 Å². The molecule has 4 aromatic rings. The third-order valence-electron chi connectivity index (χ3n) is 4.41. The highest BCUT2D eigenvalue weighted by Gasteiger charge is 2.09. The molecule has 150 valence electrons. The topological polar surface area (TPSA) is 64.1 Å². The van der Waals surface area contributed by atoms with Crippen molar-refractivity contribution >= 4 is 22.9 Å². The lowest BCUT2D eigenvalue weighted by Crippen LogP contribution is -2.12. The lowest BCUT2D eigenvalue weighted by molar-refractivity contribution is -0.116. The number of hydrogen-bond acceptors (Lipinski definition) is 5. The summed E-state index contributed by atoms with van der Waals surface area (Å²) < 4.78 is 5.63. The highest BCUT2D eigenvalue weighted by atomic mass is 32.1. The maximum Gasteiger partial charge on any atom is 0.224 e. The predicted molar refractivity (Wildman–Crippen MR) is 121 cm³/mol. The zero-order valence-corrected chi connectivity index (χ0v) is 17.1. The average Bonchev–Trinajstić information content (AvgIpc) is 3.29. The van der Waals surface area contributed by atoms with Crippen LogP contribution in [0.25, 0.3) is 21.8 Å². The van der Waals surface area contributed by atoms with Crippen LogP contribution in [0.4, 0.5) is 5.69 Å². The summed E-state index contributed by atoms with van der Waals surface area (Å²) in [6, 6.07) is 21.3. The highest BCUT2D eigenvalue weighted by molar-refractivity contribution is 7.13. The molecule has 4 rings (SSSR count). The molecule has 30 heavy (non-hydrogen) atoms. The number of benzene rings is 2. The molecule has 6 heteroatoms. The number of carbonyl (C=O) groups is 1. The van der Waals surface area contributed by atoms with Crippen molar-refractivity contribution < 1.29 is 9.53 Å². The van der Waals surface area contributed by atoms with Crippen LogP contribution in [0.5, 0.6) is 5.75 Å². The fourth-order valence-corrected chi connectivity index (χ4v) is 3.77. The number of amides is 1. The van der Waals surface area contributed by atoms with Crippen molar-refractivity contribution in [3.8, 4) is 27.6 Å². The minimum absolute atomic E-state index is 0.0295. The molecule has 0 unspecified atom stereocenters. The zero-order chi connectivity index (χ0) is 20.6. The molecule has 0 aliphatic rings. The molecule has 0 saturated carbocycles. The molecule has 2 aromatic heterocycles. The van der Waals surface area contributed by atoms with Crippen LogP contribution >= 0.6 is 11.3 Å². The monoisotopic (exact) mass is 415 g/mol.